The number of aliphatic imine (C=N–C) groups is 1. The fourth-order valence-electron chi connectivity index (χ4n) is 3.38. The average Bonchev–Trinajstić information content (AvgIpc) is 2.76. The SMILES string of the molecule is CCOc1cccc(CNC(=NC)NCc2ccccc2CN2CCOCC2)c1. The number of guanidine groups is 1. The first-order chi connectivity index (χ1) is 14.3. The third-order valence-corrected chi connectivity index (χ3v) is 4.96. The van der Waals surface area contributed by atoms with Gasteiger partial charge in [0.05, 0.1) is 19.8 Å². The van der Waals surface area contributed by atoms with Gasteiger partial charge in [0, 0.05) is 39.8 Å². The van der Waals surface area contributed by atoms with Crippen molar-refractivity contribution in [2.45, 2.75) is 26.6 Å². The topological polar surface area (TPSA) is 58.1 Å². The van der Waals surface area contributed by atoms with Crippen LogP contribution in [0.15, 0.2) is 53.5 Å². The van der Waals surface area contributed by atoms with Crippen LogP contribution in [0.1, 0.15) is 23.6 Å². The summed E-state index contributed by atoms with van der Waals surface area (Å²) in [5, 5.41) is 6.82. The Kier molecular flexibility index (Phi) is 8.34. The molecule has 0 aliphatic carbocycles. The van der Waals surface area contributed by atoms with Crippen molar-refractivity contribution in [3.63, 3.8) is 0 Å². The van der Waals surface area contributed by atoms with E-state index in [2.05, 4.69) is 56.9 Å². The van der Waals surface area contributed by atoms with Crippen LogP contribution in [0.5, 0.6) is 5.75 Å². The Morgan fingerprint density at radius 1 is 1.03 bits per heavy atom. The van der Waals surface area contributed by atoms with E-state index in [1.54, 1.807) is 7.05 Å². The molecule has 2 aromatic carbocycles. The molecule has 0 amide bonds. The van der Waals surface area contributed by atoms with Gasteiger partial charge in [-0.15, -0.1) is 0 Å². The Balaban J connectivity index is 1.53. The Morgan fingerprint density at radius 3 is 2.55 bits per heavy atom. The van der Waals surface area contributed by atoms with Crippen LogP contribution in [-0.4, -0.2) is 50.8 Å². The zero-order valence-corrected chi connectivity index (χ0v) is 17.5. The fourth-order valence-corrected chi connectivity index (χ4v) is 3.38. The molecule has 2 N–H and O–H groups in total. The number of benzene rings is 2. The van der Waals surface area contributed by atoms with E-state index in [1.165, 1.54) is 11.1 Å². The molecule has 6 nitrogen and oxygen atoms in total. The monoisotopic (exact) mass is 396 g/mol. The molecule has 0 saturated carbocycles. The van der Waals surface area contributed by atoms with E-state index < -0.39 is 0 Å². The van der Waals surface area contributed by atoms with Gasteiger partial charge in [0.25, 0.3) is 0 Å². The summed E-state index contributed by atoms with van der Waals surface area (Å²) < 4.78 is 11.0. The van der Waals surface area contributed by atoms with Crippen LogP contribution in [0.4, 0.5) is 0 Å². The predicted molar refractivity (Wildman–Crippen MR) is 117 cm³/mol. The second-order valence-electron chi connectivity index (χ2n) is 7.02. The Bertz CT molecular complexity index is 788. The van der Waals surface area contributed by atoms with Crippen molar-refractivity contribution in [2.24, 2.45) is 4.99 Å². The van der Waals surface area contributed by atoms with E-state index in [0.29, 0.717) is 13.2 Å². The van der Waals surface area contributed by atoms with Crippen molar-refractivity contribution in [1.29, 1.82) is 0 Å². The molecule has 0 aromatic heterocycles. The molecule has 1 saturated heterocycles. The van der Waals surface area contributed by atoms with Crippen LogP contribution >= 0.6 is 0 Å². The number of ether oxygens (including phenoxy) is 2. The van der Waals surface area contributed by atoms with Crippen LogP contribution < -0.4 is 15.4 Å². The second-order valence-corrected chi connectivity index (χ2v) is 7.02. The molecule has 2 aromatic rings. The zero-order valence-electron chi connectivity index (χ0n) is 17.5. The van der Waals surface area contributed by atoms with Gasteiger partial charge in [0.2, 0.25) is 0 Å². The largest absolute Gasteiger partial charge is 0.494 e. The van der Waals surface area contributed by atoms with Crippen LogP contribution in [0.3, 0.4) is 0 Å². The highest BCUT2D eigenvalue weighted by Gasteiger charge is 2.12. The van der Waals surface area contributed by atoms with Crippen molar-refractivity contribution in [1.82, 2.24) is 15.5 Å². The number of hydrogen-bond acceptors (Lipinski definition) is 4. The van der Waals surface area contributed by atoms with Gasteiger partial charge in [-0.3, -0.25) is 9.89 Å². The van der Waals surface area contributed by atoms with Crippen LogP contribution in [0.25, 0.3) is 0 Å². The fraction of sp³-hybridized carbons (Fsp3) is 0.435. The highest BCUT2D eigenvalue weighted by atomic mass is 16.5. The maximum atomic E-state index is 5.58. The second kappa shape index (κ2) is 11.4. The van der Waals surface area contributed by atoms with Gasteiger partial charge >= 0.3 is 0 Å². The molecule has 1 fully saturated rings. The molecule has 156 valence electrons. The number of hydrogen-bond donors (Lipinski definition) is 2. The molecule has 29 heavy (non-hydrogen) atoms. The lowest BCUT2D eigenvalue weighted by atomic mass is 10.1. The highest BCUT2D eigenvalue weighted by Crippen LogP contribution is 2.14. The summed E-state index contributed by atoms with van der Waals surface area (Å²) in [6.45, 7) is 8.67. The maximum absolute atomic E-state index is 5.58. The standard InChI is InChI=1S/C23H32N4O2/c1-3-29-22-10-6-7-19(15-22)16-25-23(24-2)26-17-20-8-4-5-9-21(20)18-27-11-13-28-14-12-27/h4-10,15H,3,11-14,16-18H2,1-2H3,(H2,24,25,26). The number of morpholine rings is 1. The summed E-state index contributed by atoms with van der Waals surface area (Å²) in [5.41, 5.74) is 3.80. The quantitative estimate of drug-likeness (QED) is 0.531. The molecule has 0 bridgehead atoms. The molecule has 1 aliphatic heterocycles. The van der Waals surface area contributed by atoms with Crippen LogP contribution in [0.2, 0.25) is 0 Å². The van der Waals surface area contributed by atoms with Gasteiger partial charge in [0.15, 0.2) is 5.96 Å². The van der Waals surface area contributed by atoms with Gasteiger partial charge in [-0.2, -0.15) is 0 Å². The van der Waals surface area contributed by atoms with Gasteiger partial charge in [-0.1, -0.05) is 36.4 Å². The molecule has 0 spiro atoms. The van der Waals surface area contributed by atoms with Gasteiger partial charge < -0.3 is 20.1 Å². The van der Waals surface area contributed by atoms with E-state index >= 15 is 0 Å². The lowest BCUT2D eigenvalue weighted by Gasteiger charge is -2.27. The lowest BCUT2D eigenvalue weighted by Crippen LogP contribution is -2.37. The normalized spacial score (nSPS) is 15.2. The molecule has 1 heterocycles. The first-order valence-electron chi connectivity index (χ1n) is 10.3. The van der Waals surface area contributed by atoms with Gasteiger partial charge in [-0.05, 0) is 35.7 Å². The van der Waals surface area contributed by atoms with Crippen LogP contribution in [-0.2, 0) is 24.4 Å². The molecule has 6 heteroatoms. The van der Waals surface area contributed by atoms with E-state index in [9.17, 15) is 0 Å². The molecule has 0 unspecified atom stereocenters. The molecule has 0 atom stereocenters. The maximum Gasteiger partial charge on any atom is 0.191 e. The Hall–Kier alpha value is -2.57. The third-order valence-electron chi connectivity index (χ3n) is 4.96. The zero-order chi connectivity index (χ0) is 20.3. The summed E-state index contributed by atoms with van der Waals surface area (Å²) in [6, 6.07) is 16.7. The van der Waals surface area contributed by atoms with E-state index in [-0.39, 0.29) is 0 Å². The van der Waals surface area contributed by atoms with Crippen molar-refractivity contribution < 1.29 is 9.47 Å². The third kappa shape index (κ3) is 6.76. The predicted octanol–water partition coefficient (Wildman–Crippen LogP) is 2.78. The molecule has 0 radical (unpaired) electrons. The van der Waals surface area contributed by atoms with Crippen molar-refractivity contribution in [3.05, 3.63) is 65.2 Å². The molecule has 3 rings (SSSR count). The number of nitrogens with one attached hydrogen (secondary N) is 2. The van der Waals surface area contributed by atoms with Crippen molar-refractivity contribution in [2.75, 3.05) is 40.0 Å². The Labute approximate surface area is 173 Å². The minimum absolute atomic E-state index is 0.671. The smallest absolute Gasteiger partial charge is 0.191 e. The minimum Gasteiger partial charge on any atom is -0.494 e. The molecular weight excluding hydrogens is 364 g/mol. The first-order valence-corrected chi connectivity index (χ1v) is 10.3. The first kappa shape index (κ1) is 21.1. The summed E-state index contributed by atoms with van der Waals surface area (Å²) in [5.74, 6) is 1.68. The van der Waals surface area contributed by atoms with Crippen LogP contribution in [0, 0.1) is 0 Å². The summed E-state index contributed by atoms with van der Waals surface area (Å²) >= 11 is 0. The van der Waals surface area contributed by atoms with Gasteiger partial charge in [-0.25, -0.2) is 0 Å². The van der Waals surface area contributed by atoms with E-state index in [4.69, 9.17) is 9.47 Å². The van der Waals surface area contributed by atoms with E-state index in [1.807, 2.05) is 19.1 Å². The number of nitrogens with zero attached hydrogens (tertiary/aromatic N) is 2. The summed E-state index contributed by atoms with van der Waals surface area (Å²) in [6.07, 6.45) is 0. The molecular formula is C23H32N4O2. The lowest BCUT2D eigenvalue weighted by molar-refractivity contribution is 0.0341. The highest BCUT2D eigenvalue weighted by molar-refractivity contribution is 5.79. The average molecular weight is 397 g/mol. The summed E-state index contributed by atoms with van der Waals surface area (Å²) in [4.78, 5) is 6.80. The van der Waals surface area contributed by atoms with Crippen molar-refractivity contribution >= 4 is 5.96 Å². The minimum atomic E-state index is 0.671. The molecule has 1 aliphatic rings. The Morgan fingerprint density at radius 2 is 1.79 bits per heavy atom. The van der Waals surface area contributed by atoms with E-state index in [0.717, 1.165) is 56.7 Å². The number of rotatable bonds is 8. The van der Waals surface area contributed by atoms with Crippen molar-refractivity contribution in [3.8, 4) is 5.75 Å². The summed E-state index contributed by atoms with van der Waals surface area (Å²) in [7, 11) is 1.80. The van der Waals surface area contributed by atoms with Gasteiger partial charge in [0.1, 0.15) is 5.75 Å².